The quantitative estimate of drug-likeness (QED) is 0.699. The second-order valence-electron chi connectivity index (χ2n) is 5.70. The fourth-order valence-corrected chi connectivity index (χ4v) is 2.52. The lowest BCUT2D eigenvalue weighted by molar-refractivity contribution is 0.0946. The minimum absolute atomic E-state index is 0.234. The summed E-state index contributed by atoms with van der Waals surface area (Å²) < 4.78 is 0. The van der Waals surface area contributed by atoms with Gasteiger partial charge in [-0.25, -0.2) is 4.98 Å². The summed E-state index contributed by atoms with van der Waals surface area (Å²) in [5, 5.41) is 6.71. The lowest BCUT2D eigenvalue weighted by atomic mass is 10.2. The molecule has 25 heavy (non-hydrogen) atoms. The summed E-state index contributed by atoms with van der Waals surface area (Å²) in [6.07, 6.45) is 1.64. The Morgan fingerprint density at radius 1 is 1.00 bits per heavy atom. The number of hydrogen-bond acceptors (Lipinski definition) is 3. The number of nitrogens with one attached hydrogen (secondary N) is 2. The van der Waals surface area contributed by atoms with E-state index in [9.17, 15) is 4.79 Å². The van der Waals surface area contributed by atoms with Crippen LogP contribution >= 0.6 is 11.6 Å². The molecule has 0 fully saturated rings. The highest BCUT2D eigenvalue weighted by atomic mass is 35.5. The molecule has 4 nitrogen and oxygen atoms in total. The maximum atomic E-state index is 12.2. The molecule has 0 aliphatic carbocycles. The first-order valence-electron chi connectivity index (χ1n) is 7.93. The van der Waals surface area contributed by atoms with Gasteiger partial charge in [0.2, 0.25) is 0 Å². The number of aryl methyl sites for hydroxylation is 1. The molecule has 0 atom stereocenters. The third kappa shape index (κ3) is 4.58. The topological polar surface area (TPSA) is 54.0 Å². The van der Waals surface area contributed by atoms with Gasteiger partial charge in [0.15, 0.2) is 0 Å². The Labute approximate surface area is 151 Å². The van der Waals surface area contributed by atoms with Gasteiger partial charge in [-0.1, -0.05) is 47.5 Å². The van der Waals surface area contributed by atoms with Gasteiger partial charge < -0.3 is 10.6 Å². The van der Waals surface area contributed by atoms with Crippen molar-refractivity contribution in [3.63, 3.8) is 0 Å². The van der Waals surface area contributed by atoms with Crippen molar-refractivity contribution in [3.8, 4) is 0 Å². The summed E-state index contributed by atoms with van der Waals surface area (Å²) >= 11 is 6.09. The summed E-state index contributed by atoms with van der Waals surface area (Å²) in [5.74, 6) is -0.234. The van der Waals surface area contributed by atoms with Crippen LogP contribution in [0.5, 0.6) is 0 Å². The molecule has 1 heterocycles. The lowest BCUT2D eigenvalue weighted by Crippen LogP contribution is -2.23. The van der Waals surface area contributed by atoms with Crippen molar-refractivity contribution in [2.45, 2.75) is 13.5 Å². The van der Waals surface area contributed by atoms with Gasteiger partial charge in [0, 0.05) is 17.3 Å². The predicted molar refractivity (Wildman–Crippen MR) is 101 cm³/mol. The molecule has 1 amide bonds. The smallest absolute Gasteiger partial charge is 0.270 e. The highest BCUT2D eigenvalue weighted by Crippen LogP contribution is 2.17. The molecule has 3 aromatic rings. The molecule has 0 saturated carbocycles. The fraction of sp³-hybridized carbons (Fsp3) is 0.100. The molecule has 1 aromatic heterocycles. The number of hydrogen-bond donors (Lipinski definition) is 2. The summed E-state index contributed by atoms with van der Waals surface area (Å²) in [6, 6.07) is 19.0. The van der Waals surface area contributed by atoms with E-state index >= 15 is 0 Å². The number of anilines is 2. The average molecular weight is 352 g/mol. The summed E-state index contributed by atoms with van der Waals surface area (Å²) in [5.41, 5.74) is 4.24. The minimum atomic E-state index is -0.234. The minimum Gasteiger partial charge on any atom is -0.354 e. The first kappa shape index (κ1) is 17.0. The highest BCUT2D eigenvalue weighted by Gasteiger charge is 2.08. The van der Waals surface area contributed by atoms with Crippen LogP contribution in [0.1, 0.15) is 21.6 Å². The van der Waals surface area contributed by atoms with E-state index in [1.807, 2.05) is 55.5 Å². The normalized spacial score (nSPS) is 10.3. The first-order chi connectivity index (χ1) is 12.1. The number of carbonyl (C=O) groups is 1. The molecule has 126 valence electrons. The Balaban J connectivity index is 1.60. The Morgan fingerprint density at radius 2 is 1.72 bits per heavy atom. The number of amides is 1. The predicted octanol–water partition coefficient (Wildman–Crippen LogP) is 4.72. The standard InChI is InChI=1S/C20H18ClN3O/c1-14-6-8-16(9-7-14)24-17-10-11-19(22-13-17)20(25)23-12-15-4-2-3-5-18(15)21/h2-11,13,24H,12H2,1H3,(H,23,25). The van der Waals surface area contributed by atoms with Gasteiger partial charge in [0.05, 0.1) is 11.9 Å². The number of carbonyl (C=O) groups excluding carboxylic acids is 1. The number of rotatable bonds is 5. The third-order valence-electron chi connectivity index (χ3n) is 3.73. The van der Waals surface area contributed by atoms with Gasteiger partial charge in [-0.05, 0) is 42.8 Å². The average Bonchev–Trinajstić information content (AvgIpc) is 2.63. The van der Waals surface area contributed by atoms with Gasteiger partial charge in [-0.15, -0.1) is 0 Å². The van der Waals surface area contributed by atoms with E-state index in [0.717, 1.165) is 16.9 Å². The monoisotopic (exact) mass is 351 g/mol. The molecule has 0 bridgehead atoms. The molecule has 0 saturated heterocycles. The molecule has 5 heteroatoms. The second kappa shape index (κ2) is 7.81. The van der Waals surface area contributed by atoms with Gasteiger partial charge in [0.25, 0.3) is 5.91 Å². The number of halogens is 1. The van der Waals surface area contributed by atoms with Crippen LogP contribution in [0, 0.1) is 6.92 Å². The molecule has 0 aliphatic rings. The van der Waals surface area contributed by atoms with Crippen molar-refractivity contribution >= 4 is 28.9 Å². The maximum absolute atomic E-state index is 12.2. The summed E-state index contributed by atoms with van der Waals surface area (Å²) in [4.78, 5) is 16.4. The number of benzene rings is 2. The number of aromatic nitrogens is 1. The van der Waals surface area contributed by atoms with E-state index in [2.05, 4.69) is 15.6 Å². The molecule has 0 radical (unpaired) electrons. The SMILES string of the molecule is Cc1ccc(Nc2ccc(C(=O)NCc3ccccc3Cl)nc2)cc1. The molecule has 0 unspecified atom stereocenters. The zero-order valence-electron chi connectivity index (χ0n) is 13.8. The van der Waals surface area contributed by atoms with Crippen LogP contribution in [-0.4, -0.2) is 10.9 Å². The van der Waals surface area contributed by atoms with Crippen molar-refractivity contribution in [3.05, 3.63) is 88.7 Å². The van der Waals surface area contributed by atoms with Crippen LogP contribution in [-0.2, 0) is 6.54 Å². The van der Waals surface area contributed by atoms with Crippen LogP contribution in [0.3, 0.4) is 0 Å². The maximum Gasteiger partial charge on any atom is 0.270 e. The van der Waals surface area contributed by atoms with Crippen LogP contribution < -0.4 is 10.6 Å². The van der Waals surface area contributed by atoms with Gasteiger partial charge in [-0.3, -0.25) is 4.79 Å². The molecule has 2 N–H and O–H groups in total. The van der Waals surface area contributed by atoms with Crippen LogP contribution in [0.4, 0.5) is 11.4 Å². The van der Waals surface area contributed by atoms with E-state index in [-0.39, 0.29) is 5.91 Å². The molecular formula is C20H18ClN3O. The van der Waals surface area contributed by atoms with E-state index in [1.165, 1.54) is 5.56 Å². The van der Waals surface area contributed by atoms with Gasteiger partial charge in [0.1, 0.15) is 5.69 Å². The van der Waals surface area contributed by atoms with Crippen molar-refractivity contribution in [2.24, 2.45) is 0 Å². The van der Waals surface area contributed by atoms with Crippen molar-refractivity contribution < 1.29 is 4.79 Å². The molecule has 0 spiro atoms. The second-order valence-corrected chi connectivity index (χ2v) is 6.10. The van der Waals surface area contributed by atoms with Gasteiger partial charge in [-0.2, -0.15) is 0 Å². The Bertz CT molecular complexity index is 861. The molecular weight excluding hydrogens is 334 g/mol. The third-order valence-corrected chi connectivity index (χ3v) is 4.10. The van der Waals surface area contributed by atoms with Crippen molar-refractivity contribution in [1.82, 2.24) is 10.3 Å². The zero-order valence-corrected chi connectivity index (χ0v) is 14.5. The van der Waals surface area contributed by atoms with E-state index < -0.39 is 0 Å². The largest absolute Gasteiger partial charge is 0.354 e. The number of nitrogens with zero attached hydrogens (tertiary/aromatic N) is 1. The van der Waals surface area contributed by atoms with E-state index in [0.29, 0.717) is 17.3 Å². The fourth-order valence-electron chi connectivity index (χ4n) is 2.31. The van der Waals surface area contributed by atoms with E-state index in [1.54, 1.807) is 18.3 Å². The molecule has 0 aliphatic heterocycles. The van der Waals surface area contributed by atoms with E-state index in [4.69, 9.17) is 11.6 Å². The summed E-state index contributed by atoms with van der Waals surface area (Å²) in [6.45, 7) is 2.41. The molecule has 3 rings (SSSR count). The summed E-state index contributed by atoms with van der Waals surface area (Å²) in [7, 11) is 0. The van der Waals surface area contributed by atoms with Gasteiger partial charge >= 0.3 is 0 Å². The Morgan fingerprint density at radius 3 is 2.40 bits per heavy atom. The Kier molecular flexibility index (Phi) is 5.31. The lowest BCUT2D eigenvalue weighted by Gasteiger charge is -2.08. The highest BCUT2D eigenvalue weighted by molar-refractivity contribution is 6.31. The molecule has 2 aromatic carbocycles. The Hall–Kier alpha value is -2.85. The zero-order chi connectivity index (χ0) is 17.6. The van der Waals surface area contributed by atoms with Crippen LogP contribution in [0.25, 0.3) is 0 Å². The van der Waals surface area contributed by atoms with Crippen molar-refractivity contribution in [1.29, 1.82) is 0 Å². The van der Waals surface area contributed by atoms with Crippen LogP contribution in [0.15, 0.2) is 66.9 Å². The number of pyridine rings is 1. The van der Waals surface area contributed by atoms with Crippen LogP contribution in [0.2, 0.25) is 5.02 Å². The first-order valence-corrected chi connectivity index (χ1v) is 8.31. The van der Waals surface area contributed by atoms with Crippen molar-refractivity contribution in [2.75, 3.05) is 5.32 Å².